The Balaban J connectivity index is 1.54. The summed E-state index contributed by atoms with van der Waals surface area (Å²) < 4.78 is 58.5. The average Bonchev–Trinajstić information content (AvgIpc) is 3.22. The summed E-state index contributed by atoms with van der Waals surface area (Å²) in [5.74, 6) is -1.43. The number of aromatic nitrogens is 3. The molecule has 0 radical (unpaired) electrons. The third kappa shape index (κ3) is 5.93. The molecule has 3 aromatic rings. The molecule has 0 saturated carbocycles. The normalized spacial score (nSPS) is 16.4. The van der Waals surface area contributed by atoms with E-state index >= 15 is 0 Å². The number of rotatable bonds is 7. The van der Waals surface area contributed by atoms with E-state index in [1.165, 1.54) is 17.4 Å². The second kappa shape index (κ2) is 9.50. The smallest absolute Gasteiger partial charge is 0.451 e. The van der Waals surface area contributed by atoms with Crippen molar-refractivity contribution in [3.05, 3.63) is 58.6 Å². The van der Waals surface area contributed by atoms with Gasteiger partial charge in [-0.15, -0.1) is 11.3 Å². The number of nitrogens with zero attached hydrogens (tertiary/aromatic N) is 4. The van der Waals surface area contributed by atoms with Crippen LogP contribution in [0.25, 0.3) is 10.6 Å². The molecule has 3 heterocycles. The number of amides is 1. The van der Waals surface area contributed by atoms with Crippen molar-refractivity contribution < 1.29 is 27.1 Å². The van der Waals surface area contributed by atoms with Gasteiger partial charge >= 0.3 is 6.18 Å². The van der Waals surface area contributed by atoms with Crippen LogP contribution in [0, 0.1) is 6.92 Å². The summed E-state index contributed by atoms with van der Waals surface area (Å²) in [6, 6.07) is 4.17. The molecule has 0 aliphatic carbocycles. The molecule has 1 aliphatic heterocycles. The largest absolute Gasteiger partial charge is 0.490 e. The molecule has 1 fully saturated rings. The summed E-state index contributed by atoms with van der Waals surface area (Å²) >= 11 is 1.44. The number of likely N-dealkylation sites (tertiary alicyclic amines) is 1. The lowest BCUT2D eigenvalue weighted by molar-refractivity contribution is -0.145. The Morgan fingerprint density at radius 1 is 1.20 bits per heavy atom. The molecule has 0 spiro atoms. The van der Waals surface area contributed by atoms with Crippen molar-refractivity contribution in [2.75, 3.05) is 26.7 Å². The Hall–Kier alpha value is -3.12. The first-order chi connectivity index (χ1) is 16.4. The molecule has 35 heavy (non-hydrogen) atoms. The van der Waals surface area contributed by atoms with Crippen LogP contribution < -0.4 is 10.1 Å². The van der Waals surface area contributed by atoms with Gasteiger partial charge in [0.2, 0.25) is 5.82 Å². The number of nitrogens with one attached hydrogen (secondary N) is 1. The molecule has 1 aromatic carbocycles. The van der Waals surface area contributed by atoms with Crippen LogP contribution in [-0.2, 0) is 6.18 Å². The van der Waals surface area contributed by atoms with Crippen LogP contribution in [0.4, 0.5) is 17.6 Å². The summed E-state index contributed by atoms with van der Waals surface area (Å²) in [5, 5.41) is 3.40. The van der Waals surface area contributed by atoms with Crippen LogP contribution in [0.3, 0.4) is 0 Å². The van der Waals surface area contributed by atoms with Crippen LogP contribution in [0.1, 0.15) is 39.6 Å². The van der Waals surface area contributed by atoms with Gasteiger partial charge in [0.05, 0.1) is 6.04 Å². The molecule has 1 unspecified atom stereocenters. The number of halogens is 4. The third-order valence-electron chi connectivity index (χ3n) is 5.41. The van der Waals surface area contributed by atoms with E-state index < -0.39 is 29.6 Å². The van der Waals surface area contributed by atoms with Gasteiger partial charge in [0.1, 0.15) is 17.4 Å². The number of benzene rings is 1. The van der Waals surface area contributed by atoms with E-state index in [0.29, 0.717) is 21.9 Å². The summed E-state index contributed by atoms with van der Waals surface area (Å²) in [6.07, 6.45) is -0.884. The van der Waals surface area contributed by atoms with Gasteiger partial charge in [-0.05, 0) is 39.1 Å². The first-order valence-corrected chi connectivity index (χ1v) is 11.5. The zero-order chi connectivity index (χ0) is 25.4. The van der Waals surface area contributed by atoms with Gasteiger partial charge in [-0.3, -0.25) is 9.69 Å². The second-order valence-corrected chi connectivity index (χ2v) is 9.90. The summed E-state index contributed by atoms with van der Waals surface area (Å²) in [4.78, 5) is 26.9. The van der Waals surface area contributed by atoms with Gasteiger partial charge in [-0.25, -0.2) is 19.3 Å². The molecule has 2 aromatic heterocycles. The SMILES string of the molecule is Cc1cnc(-c2cc(OCC3(F)CN(C)C3)cc(C(=O)NC(C)c3cnc(C(F)(F)F)nc3)c2)s1. The van der Waals surface area contributed by atoms with E-state index in [4.69, 9.17) is 4.74 Å². The monoisotopic (exact) mass is 509 g/mol. The summed E-state index contributed by atoms with van der Waals surface area (Å²) in [5.41, 5.74) is -0.274. The van der Waals surface area contributed by atoms with E-state index in [1.54, 1.807) is 25.3 Å². The molecule has 186 valence electrons. The quantitative estimate of drug-likeness (QED) is 0.474. The van der Waals surface area contributed by atoms with E-state index in [-0.39, 0.29) is 25.3 Å². The maximum Gasteiger partial charge on any atom is 0.451 e. The van der Waals surface area contributed by atoms with Crippen molar-refractivity contribution in [3.8, 4) is 16.3 Å². The molecule has 1 N–H and O–H groups in total. The number of carbonyl (C=O) groups excluding carboxylic acids is 1. The molecule has 12 heteroatoms. The Bertz CT molecular complexity index is 1210. The maximum atomic E-state index is 14.7. The minimum Gasteiger partial charge on any atom is -0.490 e. The number of thiazole rings is 1. The van der Waals surface area contributed by atoms with Gasteiger partial charge < -0.3 is 10.1 Å². The summed E-state index contributed by atoms with van der Waals surface area (Å²) in [7, 11) is 1.81. The Morgan fingerprint density at radius 3 is 2.46 bits per heavy atom. The zero-order valence-corrected chi connectivity index (χ0v) is 20.0. The third-order valence-corrected chi connectivity index (χ3v) is 6.38. The zero-order valence-electron chi connectivity index (χ0n) is 19.2. The van der Waals surface area contributed by atoms with Crippen molar-refractivity contribution in [2.45, 2.75) is 31.7 Å². The van der Waals surface area contributed by atoms with Crippen LogP contribution in [-0.4, -0.2) is 58.2 Å². The second-order valence-electron chi connectivity index (χ2n) is 8.67. The highest BCUT2D eigenvalue weighted by atomic mass is 32.1. The van der Waals surface area contributed by atoms with E-state index in [0.717, 1.165) is 17.3 Å². The minimum absolute atomic E-state index is 0.155. The number of hydrogen-bond donors (Lipinski definition) is 1. The molecule has 7 nitrogen and oxygen atoms in total. The molecule has 1 amide bonds. The van der Waals surface area contributed by atoms with E-state index in [2.05, 4.69) is 20.3 Å². The highest BCUT2D eigenvalue weighted by Gasteiger charge is 2.42. The van der Waals surface area contributed by atoms with Crippen LogP contribution in [0.2, 0.25) is 0 Å². The van der Waals surface area contributed by atoms with Gasteiger partial charge in [-0.2, -0.15) is 13.2 Å². The summed E-state index contributed by atoms with van der Waals surface area (Å²) in [6.45, 7) is 3.88. The fraction of sp³-hybridized carbons (Fsp3) is 0.391. The predicted octanol–water partition coefficient (Wildman–Crippen LogP) is 4.45. The molecule has 1 saturated heterocycles. The van der Waals surface area contributed by atoms with Gasteiger partial charge in [0.25, 0.3) is 5.91 Å². The number of alkyl halides is 4. The van der Waals surface area contributed by atoms with Crippen molar-refractivity contribution in [2.24, 2.45) is 0 Å². The fourth-order valence-corrected chi connectivity index (χ4v) is 4.47. The lowest BCUT2D eigenvalue weighted by Gasteiger charge is -2.41. The minimum atomic E-state index is -4.65. The maximum absolute atomic E-state index is 14.7. The molecular weight excluding hydrogens is 486 g/mol. The Kier molecular flexibility index (Phi) is 6.78. The van der Waals surface area contributed by atoms with Gasteiger partial charge in [0.15, 0.2) is 5.67 Å². The average molecular weight is 510 g/mol. The first kappa shape index (κ1) is 25.0. The highest BCUT2D eigenvalue weighted by Crippen LogP contribution is 2.32. The topological polar surface area (TPSA) is 80.2 Å². The lowest BCUT2D eigenvalue weighted by atomic mass is 9.98. The lowest BCUT2D eigenvalue weighted by Crippen LogP contribution is -2.60. The van der Waals surface area contributed by atoms with Crippen molar-refractivity contribution in [1.82, 2.24) is 25.2 Å². The Labute approximate surface area is 203 Å². The number of carbonyl (C=O) groups is 1. The fourth-order valence-electron chi connectivity index (χ4n) is 3.72. The van der Waals surface area contributed by atoms with Crippen molar-refractivity contribution >= 4 is 17.2 Å². The van der Waals surface area contributed by atoms with Crippen molar-refractivity contribution in [3.63, 3.8) is 0 Å². The van der Waals surface area contributed by atoms with Gasteiger partial charge in [-0.1, -0.05) is 0 Å². The van der Waals surface area contributed by atoms with Crippen LogP contribution >= 0.6 is 11.3 Å². The number of aryl methyl sites for hydroxylation is 1. The molecular formula is C23H23F4N5O2S. The van der Waals surface area contributed by atoms with E-state index in [9.17, 15) is 22.4 Å². The van der Waals surface area contributed by atoms with Crippen molar-refractivity contribution in [1.29, 1.82) is 0 Å². The molecule has 4 rings (SSSR count). The molecule has 1 aliphatic rings. The predicted molar refractivity (Wildman–Crippen MR) is 122 cm³/mol. The van der Waals surface area contributed by atoms with Gasteiger partial charge in [0, 0.05) is 53.2 Å². The van der Waals surface area contributed by atoms with E-state index in [1.807, 2.05) is 18.9 Å². The first-order valence-electron chi connectivity index (χ1n) is 10.7. The number of ether oxygens (including phenoxy) is 1. The standard InChI is InChI=1S/C23H23F4N5O2S/c1-13-7-28-20(35-13)16-4-15(5-18(6-16)34-12-22(24)10-32(3)11-22)19(33)31-14(2)17-8-29-21(30-9-17)23(25,26)27/h4-9,14H,10-12H2,1-3H3,(H,31,33). The number of hydrogen-bond acceptors (Lipinski definition) is 7. The highest BCUT2D eigenvalue weighted by molar-refractivity contribution is 7.14. The Morgan fingerprint density at radius 2 is 1.89 bits per heavy atom. The van der Waals surface area contributed by atoms with Crippen LogP contribution in [0.5, 0.6) is 5.75 Å². The van der Waals surface area contributed by atoms with Crippen LogP contribution in [0.15, 0.2) is 36.8 Å². The molecule has 0 bridgehead atoms. The molecule has 1 atom stereocenters.